The van der Waals surface area contributed by atoms with Crippen LogP contribution in [-0.2, 0) is 6.18 Å². The molecule has 0 aliphatic carbocycles. The average molecular weight is 251 g/mol. The van der Waals surface area contributed by atoms with Crippen molar-refractivity contribution in [2.24, 2.45) is 0 Å². The minimum absolute atomic E-state index is 0.194. The Morgan fingerprint density at radius 3 is 2.38 bits per heavy atom. The van der Waals surface area contributed by atoms with E-state index in [9.17, 15) is 13.2 Å². The molecule has 90 valence electrons. The molecular weight excluding hydrogens is 237 g/mol. The second kappa shape index (κ2) is 5.09. The Morgan fingerprint density at radius 1 is 1.31 bits per heavy atom. The van der Waals surface area contributed by atoms with Crippen LogP contribution >= 0.6 is 11.6 Å². The maximum absolute atomic E-state index is 12.4. The van der Waals surface area contributed by atoms with Crippen molar-refractivity contribution in [1.29, 1.82) is 0 Å². The van der Waals surface area contributed by atoms with Gasteiger partial charge in [0.25, 0.3) is 0 Å². The van der Waals surface area contributed by atoms with E-state index in [-0.39, 0.29) is 10.9 Å². The molecule has 0 saturated heterocycles. The van der Waals surface area contributed by atoms with E-state index in [4.69, 9.17) is 11.6 Å². The predicted molar refractivity (Wildman–Crippen MR) is 59.8 cm³/mol. The summed E-state index contributed by atoms with van der Waals surface area (Å²) in [6, 6.07) is 3.57. The second-order valence-corrected chi connectivity index (χ2v) is 4.33. The molecule has 0 aromatic heterocycles. The Labute approximate surface area is 98.4 Å². The number of halogens is 4. The first-order valence-electron chi connectivity index (χ1n) is 5.23. The van der Waals surface area contributed by atoms with Gasteiger partial charge in [-0.2, -0.15) is 13.2 Å². The molecule has 0 bridgehead atoms. The number of hydrogen-bond acceptors (Lipinski definition) is 0. The molecule has 0 amide bonds. The lowest BCUT2D eigenvalue weighted by Gasteiger charge is -2.14. The van der Waals surface area contributed by atoms with Crippen molar-refractivity contribution in [1.82, 2.24) is 0 Å². The van der Waals surface area contributed by atoms with Gasteiger partial charge in [-0.3, -0.25) is 0 Å². The molecule has 0 aliphatic heterocycles. The van der Waals surface area contributed by atoms with Crippen LogP contribution in [0.4, 0.5) is 13.2 Å². The number of benzene rings is 1. The van der Waals surface area contributed by atoms with Gasteiger partial charge in [-0.25, -0.2) is 0 Å². The van der Waals surface area contributed by atoms with Gasteiger partial charge in [-0.05, 0) is 30.0 Å². The van der Waals surface area contributed by atoms with Crippen LogP contribution < -0.4 is 0 Å². The van der Waals surface area contributed by atoms with Gasteiger partial charge in [0.15, 0.2) is 0 Å². The Morgan fingerprint density at radius 2 is 1.94 bits per heavy atom. The summed E-state index contributed by atoms with van der Waals surface area (Å²) >= 11 is 5.87. The van der Waals surface area contributed by atoms with Crippen LogP contribution in [0.5, 0.6) is 0 Å². The lowest BCUT2D eigenvalue weighted by atomic mass is 9.95. The minimum atomic E-state index is -4.32. The van der Waals surface area contributed by atoms with Gasteiger partial charge in [0.1, 0.15) is 0 Å². The topological polar surface area (TPSA) is 0 Å². The van der Waals surface area contributed by atoms with Crippen molar-refractivity contribution < 1.29 is 13.2 Å². The van der Waals surface area contributed by atoms with E-state index in [2.05, 4.69) is 0 Å². The molecule has 16 heavy (non-hydrogen) atoms. The molecule has 0 N–H and O–H groups in total. The molecular formula is C12H14ClF3. The lowest BCUT2D eigenvalue weighted by Crippen LogP contribution is -2.05. The number of hydrogen-bond donors (Lipinski definition) is 0. The van der Waals surface area contributed by atoms with E-state index in [1.54, 1.807) is 0 Å². The van der Waals surface area contributed by atoms with Gasteiger partial charge in [0.05, 0.1) is 5.56 Å². The summed E-state index contributed by atoms with van der Waals surface area (Å²) in [6.45, 7) is 4.01. The highest BCUT2D eigenvalue weighted by molar-refractivity contribution is 6.31. The Balaban J connectivity index is 3.00. The van der Waals surface area contributed by atoms with Crippen molar-refractivity contribution in [3.8, 4) is 0 Å². The summed E-state index contributed by atoms with van der Waals surface area (Å²) in [6.07, 6.45) is -2.42. The maximum Gasteiger partial charge on any atom is 0.416 e. The molecule has 0 nitrogen and oxygen atoms in total. The summed E-state index contributed by atoms with van der Waals surface area (Å²) in [5.41, 5.74) is 0.0986. The van der Waals surface area contributed by atoms with Gasteiger partial charge in [-0.15, -0.1) is 0 Å². The van der Waals surface area contributed by atoms with Gasteiger partial charge in [0, 0.05) is 5.02 Å². The standard InChI is InChI=1S/C12H14ClF3/c1-3-4-8(2)10-6-5-9(7-11(10)13)12(14,15)16/h5-8H,3-4H2,1-2H3. The summed E-state index contributed by atoms with van der Waals surface area (Å²) in [4.78, 5) is 0. The molecule has 1 aromatic carbocycles. The Hall–Kier alpha value is -0.700. The van der Waals surface area contributed by atoms with Crippen molar-refractivity contribution in [3.63, 3.8) is 0 Å². The Kier molecular flexibility index (Phi) is 4.25. The van der Waals surface area contributed by atoms with Gasteiger partial charge in [-0.1, -0.05) is 37.9 Å². The first-order valence-corrected chi connectivity index (χ1v) is 5.60. The summed E-state index contributed by atoms with van der Waals surface area (Å²) < 4.78 is 37.2. The monoisotopic (exact) mass is 250 g/mol. The van der Waals surface area contributed by atoms with E-state index < -0.39 is 11.7 Å². The van der Waals surface area contributed by atoms with Crippen LogP contribution in [0.25, 0.3) is 0 Å². The molecule has 0 saturated carbocycles. The molecule has 0 fully saturated rings. The molecule has 1 aromatic rings. The van der Waals surface area contributed by atoms with Gasteiger partial charge < -0.3 is 0 Å². The minimum Gasteiger partial charge on any atom is -0.166 e. The smallest absolute Gasteiger partial charge is 0.166 e. The van der Waals surface area contributed by atoms with E-state index in [0.29, 0.717) is 0 Å². The third-order valence-corrected chi connectivity index (χ3v) is 2.91. The quantitative estimate of drug-likeness (QED) is 0.686. The lowest BCUT2D eigenvalue weighted by molar-refractivity contribution is -0.137. The summed E-state index contributed by atoms with van der Waals surface area (Å²) in [5.74, 6) is 0.194. The zero-order chi connectivity index (χ0) is 12.3. The molecule has 0 heterocycles. The molecule has 0 aliphatic rings. The third-order valence-electron chi connectivity index (χ3n) is 2.58. The first kappa shape index (κ1) is 13.4. The van der Waals surface area contributed by atoms with Gasteiger partial charge >= 0.3 is 6.18 Å². The third kappa shape index (κ3) is 3.14. The molecule has 1 unspecified atom stereocenters. The largest absolute Gasteiger partial charge is 0.416 e. The van der Waals surface area contributed by atoms with E-state index in [1.807, 2.05) is 13.8 Å². The molecule has 1 atom stereocenters. The summed E-state index contributed by atoms with van der Waals surface area (Å²) in [7, 11) is 0. The van der Waals surface area contributed by atoms with Crippen molar-refractivity contribution in [3.05, 3.63) is 34.3 Å². The first-order chi connectivity index (χ1) is 7.36. The zero-order valence-electron chi connectivity index (χ0n) is 9.24. The fraction of sp³-hybridized carbons (Fsp3) is 0.500. The molecule has 0 spiro atoms. The van der Waals surface area contributed by atoms with Gasteiger partial charge in [0.2, 0.25) is 0 Å². The van der Waals surface area contributed by atoms with Crippen LogP contribution in [0, 0.1) is 0 Å². The van der Waals surface area contributed by atoms with E-state index in [0.717, 1.165) is 30.5 Å². The van der Waals surface area contributed by atoms with Crippen LogP contribution in [-0.4, -0.2) is 0 Å². The maximum atomic E-state index is 12.4. The fourth-order valence-electron chi connectivity index (χ4n) is 1.69. The molecule has 0 radical (unpaired) electrons. The van der Waals surface area contributed by atoms with Crippen molar-refractivity contribution in [2.75, 3.05) is 0 Å². The average Bonchev–Trinajstić information content (AvgIpc) is 2.16. The highest BCUT2D eigenvalue weighted by atomic mass is 35.5. The molecule has 1 rings (SSSR count). The van der Waals surface area contributed by atoms with E-state index >= 15 is 0 Å². The highest BCUT2D eigenvalue weighted by Gasteiger charge is 2.31. The van der Waals surface area contributed by atoms with Crippen LogP contribution in [0.2, 0.25) is 5.02 Å². The SMILES string of the molecule is CCCC(C)c1ccc(C(F)(F)F)cc1Cl. The summed E-state index contributed by atoms with van der Waals surface area (Å²) in [5, 5.41) is 0.204. The number of alkyl halides is 3. The van der Waals surface area contributed by atoms with Crippen LogP contribution in [0.15, 0.2) is 18.2 Å². The van der Waals surface area contributed by atoms with Crippen molar-refractivity contribution in [2.45, 2.75) is 38.8 Å². The van der Waals surface area contributed by atoms with Crippen LogP contribution in [0.1, 0.15) is 43.7 Å². The second-order valence-electron chi connectivity index (χ2n) is 3.92. The van der Waals surface area contributed by atoms with E-state index in [1.165, 1.54) is 6.07 Å². The highest BCUT2D eigenvalue weighted by Crippen LogP contribution is 2.35. The normalized spacial score (nSPS) is 13.9. The predicted octanol–water partition coefficient (Wildman–Crippen LogP) is 5.26. The Bertz CT molecular complexity index is 358. The molecule has 4 heteroatoms. The fourth-order valence-corrected chi connectivity index (χ4v) is 2.06. The van der Waals surface area contributed by atoms with Crippen molar-refractivity contribution >= 4 is 11.6 Å². The zero-order valence-corrected chi connectivity index (χ0v) is 9.99. The van der Waals surface area contributed by atoms with Crippen LogP contribution in [0.3, 0.4) is 0 Å². The number of rotatable bonds is 3.